The van der Waals surface area contributed by atoms with Gasteiger partial charge in [0.2, 0.25) is 0 Å². The molecule has 0 aliphatic rings. The number of nitrogens with two attached hydrogens (primary N) is 1. The van der Waals surface area contributed by atoms with E-state index in [-0.39, 0.29) is 11.7 Å². The maximum atomic E-state index is 10.8. The SMILES string of the molecule is COC(=O)CSc1ncc(CN)cn1. The van der Waals surface area contributed by atoms with Gasteiger partial charge < -0.3 is 10.5 Å². The lowest BCUT2D eigenvalue weighted by atomic mass is 10.4. The van der Waals surface area contributed by atoms with Crippen molar-refractivity contribution >= 4 is 17.7 Å². The van der Waals surface area contributed by atoms with Gasteiger partial charge in [-0.3, -0.25) is 4.79 Å². The Morgan fingerprint density at radius 2 is 2.21 bits per heavy atom. The molecule has 76 valence electrons. The molecule has 1 rings (SSSR count). The van der Waals surface area contributed by atoms with Gasteiger partial charge in [0.05, 0.1) is 12.9 Å². The largest absolute Gasteiger partial charge is 0.468 e. The van der Waals surface area contributed by atoms with Crippen LogP contribution in [0.15, 0.2) is 17.6 Å². The first-order valence-corrected chi connectivity index (χ1v) is 4.95. The van der Waals surface area contributed by atoms with E-state index in [4.69, 9.17) is 5.73 Å². The average Bonchev–Trinajstić information content (AvgIpc) is 2.26. The quantitative estimate of drug-likeness (QED) is 0.437. The predicted octanol–water partition coefficient (Wildman–Crippen LogP) is 0.200. The number of esters is 1. The van der Waals surface area contributed by atoms with Crippen LogP contribution in [0.25, 0.3) is 0 Å². The molecule has 5 nitrogen and oxygen atoms in total. The van der Waals surface area contributed by atoms with Crippen molar-refractivity contribution < 1.29 is 9.53 Å². The smallest absolute Gasteiger partial charge is 0.316 e. The summed E-state index contributed by atoms with van der Waals surface area (Å²) < 4.78 is 4.48. The van der Waals surface area contributed by atoms with Gasteiger partial charge in [-0.05, 0) is 0 Å². The molecule has 0 aliphatic carbocycles. The molecule has 0 atom stereocenters. The zero-order valence-electron chi connectivity index (χ0n) is 7.77. The van der Waals surface area contributed by atoms with E-state index in [1.54, 1.807) is 12.4 Å². The minimum absolute atomic E-state index is 0.221. The third kappa shape index (κ3) is 3.31. The second-order valence-electron chi connectivity index (χ2n) is 2.44. The van der Waals surface area contributed by atoms with Gasteiger partial charge in [0.15, 0.2) is 5.16 Å². The first kappa shape index (κ1) is 10.9. The molecule has 14 heavy (non-hydrogen) atoms. The number of ether oxygens (including phenoxy) is 1. The van der Waals surface area contributed by atoms with Crippen LogP contribution >= 0.6 is 11.8 Å². The minimum Gasteiger partial charge on any atom is -0.468 e. The number of nitrogens with zero attached hydrogens (tertiary/aromatic N) is 2. The molecular formula is C8H11N3O2S. The van der Waals surface area contributed by atoms with Crippen LogP contribution in [0.3, 0.4) is 0 Å². The lowest BCUT2D eigenvalue weighted by molar-refractivity contribution is -0.137. The number of rotatable bonds is 4. The predicted molar refractivity (Wildman–Crippen MR) is 52.7 cm³/mol. The van der Waals surface area contributed by atoms with Gasteiger partial charge in [-0.2, -0.15) is 0 Å². The van der Waals surface area contributed by atoms with Crippen molar-refractivity contribution in [3.8, 4) is 0 Å². The normalized spacial score (nSPS) is 9.86. The van der Waals surface area contributed by atoms with Crippen molar-refractivity contribution in [2.24, 2.45) is 5.73 Å². The monoisotopic (exact) mass is 213 g/mol. The Hall–Kier alpha value is -1.14. The Bertz CT molecular complexity index is 302. The van der Waals surface area contributed by atoms with Crippen molar-refractivity contribution in [2.75, 3.05) is 12.9 Å². The fraction of sp³-hybridized carbons (Fsp3) is 0.375. The van der Waals surface area contributed by atoms with Crippen LogP contribution in [0, 0.1) is 0 Å². The van der Waals surface area contributed by atoms with Gasteiger partial charge in [0, 0.05) is 24.5 Å². The van der Waals surface area contributed by atoms with Gasteiger partial charge in [-0.25, -0.2) is 9.97 Å². The van der Waals surface area contributed by atoms with E-state index >= 15 is 0 Å². The summed E-state index contributed by atoms with van der Waals surface area (Å²) in [5.74, 6) is -0.0696. The van der Waals surface area contributed by atoms with Crippen LogP contribution in [0.4, 0.5) is 0 Å². The summed E-state index contributed by atoms with van der Waals surface area (Å²) in [6.45, 7) is 0.419. The molecule has 0 amide bonds. The minimum atomic E-state index is -0.290. The van der Waals surface area contributed by atoms with Crippen molar-refractivity contribution in [2.45, 2.75) is 11.7 Å². The number of aromatic nitrogens is 2. The molecule has 1 aromatic rings. The topological polar surface area (TPSA) is 78.1 Å². The van der Waals surface area contributed by atoms with Gasteiger partial charge in [0.1, 0.15) is 0 Å². The molecule has 0 fully saturated rings. The van der Waals surface area contributed by atoms with Gasteiger partial charge in [-0.15, -0.1) is 0 Å². The molecule has 0 unspecified atom stereocenters. The van der Waals surface area contributed by atoms with Crippen LogP contribution in [-0.2, 0) is 16.1 Å². The molecule has 0 saturated heterocycles. The number of carbonyl (C=O) groups excluding carboxylic acids is 1. The van der Waals surface area contributed by atoms with E-state index in [1.807, 2.05) is 0 Å². The third-order valence-corrected chi connectivity index (χ3v) is 2.31. The summed E-state index contributed by atoms with van der Waals surface area (Å²) in [4.78, 5) is 18.8. The molecule has 0 saturated carbocycles. The lowest BCUT2D eigenvalue weighted by Gasteiger charge is -1.99. The first-order valence-electron chi connectivity index (χ1n) is 3.97. The van der Waals surface area contributed by atoms with Gasteiger partial charge in [0.25, 0.3) is 0 Å². The number of carbonyl (C=O) groups is 1. The second kappa shape index (κ2) is 5.56. The Balaban J connectivity index is 2.47. The second-order valence-corrected chi connectivity index (χ2v) is 3.39. The first-order chi connectivity index (χ1) is 6.76. The Morgan fingerprint density at radius 3 is 2.71 bits per heavy atom. The van der Waals surface area contributed by atoms with E-state index in [9.17, 15) is 4.79 Å². The van der Waals surface area contributed by atoms with E-state index in [1.165, 1.54) is 18.9 Å². The summed E-state index contributed by atoms with van der Waals surface area (Å²) in [5.41, 5.74) is 6.25. The molecule has 1 heterocycles. The van der Waals surface area contributed by atoms with Crippen LogP contribution in [0.2, 0.25) is 0 Å². The molecule has 0 aromatic carbocycles. The van der Waals surface area contributed by atoms with E-state index in [0.29, 0.717) is 11.7 Å². The summed E-state index contributed by atoms with van der Waals surface area (Å²) in [5, 5.41) is 0.549. The molecule has 6 heteroatoms. The van der Waals surface area contributed by atoms with Crippen LogP contribution in [-0.4, -0.2) is 28.8 Å². The third-order valence-electron chi connectivity index (χ3n) is 1.46. The lowest BCUT2D eigenvalue weighted by Crippen LogP contribution is -2.04. The van der Waals surface area contributed by atoms with Crippen molar-refractivity contribution in [3.05, 3.63) is 18.0 Å². The maximum Gasteiger partial charge on any atom is 0.316 e. The van der Waals surface area contributed by atoms with Crippen molar-refractivity contribution in [3.63, 3.8) is 0 Å². The summed E-state index contributed by atoms with van der Waals surface area (Å²) in [6.07, 6.45) is 3.29. The highest BCUT2D eigenvalue weighted by atomic mass is 32.2. The molecular weight excluding hydrogens is 202 g/mol. The number of hydrogen-bond donors (Lipinski definition) is 1. The van der Waals surface area contributed by atoms with Crippen LogP contribution < -0.4 is 5.73 Å². The zero-order valence-corrected chi connectivity index (χ0v) is 8.58. The van der Waals surface area contributed by atoms with Crippen LogP contribution in [0.1, 0.15) is 5.56 Å². The van der Waals surface area contributed by atoms with Crippen molar-refractivity contribution in [1.29, 1.82) is 0 Å². The van der Waals surface area contributed by atoms with Crippen LogP contribution in [0.5, 0.6) is 0 Å². The van der Waals surface area contributed by atoms with E-state index in [0.717, 1.165) is 5.56 Å². The summed E-state index contributed by atoms with van der Waals surface area (Å²) in [6, 6.07) is 0. The van der Waals surface area contributed by atoms with E-state index < -0.39 is 0 Å². The van der Waals surface area contributed by atoms with E-state index in [2.05, 4.69) is 14.7 Å². The fourth-order valence-corrected chi connectivity index (χ4v) is 1.32. The number of hydrogen-bond acceptors (Lipinski definition) is 6. The Labute approximate surface area is 86.1 Å². The molecule has 1 aromatic heterocycles. The average molecular weight is 213 g/mol. The highest BCUT2D eigenvalue weighted by molar-refractivity contribution is 7.99. The molecule has 0 bridgehead atoms. The Morgan fingerprint density at radius 1 is 1.57 bits per heavy atom. The number of methoxy groups -OCH3 is 1. The molecule has 0 spiro atoms. The highest BCUT2D eigenvalue weighted by Crippen LogP contribution is 2.11. The standard InChI is InChI=1S/C8H11N3O2S/c1-13-7(12)5-14-8-10-3-6(2-9)4-11-8/h3-4H,2,5,9H2,1H3. The zero-order chi connectivity index (χ0) is 10.4. The van der Waals surface area contributed by atoms with Crippen molar-refractivity contribution in [1.82, 2.24) is 9.97 Å². The maximum absolute atomic E-state index is 10.8. The molecule has 0 radical (unpaired) electrons. The number of thioether (sulfide) groups is 1. The van der Waals surface area contributed by atoms with Gasteiger partial charge in [-0.1, -0.05) is 11.8 Å². The Kier molecular flexibility index (Phi) is 4.34. The fourth-order valence-electron chi connectivity index (χ4n) is 0.705. The molecule has 2 N–H and O–H groups in total. The summed E-state index contributed by atoms with van der Waals surface area (Å²) >= 11 is 1.23. The summed E-state index contributed by atoms with van der Waals surface area (Å²) in [7, 11) is 1.35. The van der Waals surface area contributed by atoms with Gasteiger partial charge >= 0.3 is 5.97 Å². The molecule has 0 aliphatic heterocycles. The highest BCUT2D eigenvalue weighted by Gasteiger charge is 2.03.